The molecule has 0 fully saturated rings. The van der Waals surface area contributed by atoms with Gasteiger partial charge in [0, 0.05) is 18.9 Å². The first-order valence-corrected chi connectivity index (χ1v) is 6.83. The summed E-state index contributed by atoms with van der Waals surface area (Å²) in [7, 11) is -3.57. The summed E-state index contributed by atoms with van der Waals surface area (Å²) < 4.78 is 25.9. The Labute approximate surface area is 102 Å². The third kappa shape index (κ3) is 3.51. The number of sulfonamides is 1. The van der Waals surface area contributed by atoms with Crippen LogP contribution in [0.5, 0.6) is 0 Å². The number of nitrogens with zero attached hydrogens (tertiary/aromatic N) is 2. The molecule has 1 aromatic heterocycles. The minimum absolute atomic E-state index is 0.189. The third-order valence-corrected chi connectivity index (χ3v) is 4.22. The first-order chi connectivity index (χ1) is 8.01. The van der Waals surface area contributed by atoms with Gasteiger partial charge in [0.05, 0.1) is 6.07 Å². The zero-order valence-electron chi connectivity index (χ0n) is 9.84. The average molecular weight is 253 g/mol. The van der Waals surface area contributed by atoms with Crippen molar-refractivity contribution in [2.24, 2.45) is 0 Å². The van der Waals surface area contributed by atoms with Crippen LogP contribution in [-0.2, 0) is 16.6 Å². The molecule has 1 unspecified atom stereocenters. The maximum atomic E-state index is 11.7. The quantitative estimate of drug-likeness (QED) is 0.852. The van der Waals surface area contributed by atoms with Crippen molar-refractivity contribution in [3.05, 3.63) is 29.6 Å². The number of hydrogen-bond acceptors (Lipinski definition) is 4. The van der Waals surface area contributed by atoms with Crippen LogP contribution in [0.1, 0.15) is 24.5 Å². The molecule has 0 aliphatic heterocycles. The molecule has 0 radical (unpaired) electrons. The van der Waals surface area contributed by atoms with Crippen LogP contribution in [0.2, 0.25) is 0 Å². The van der Waals surface area contributed by atoms with Crippen molar-refractivity contribution in [3.63, 3.8) is 0 Å². The van der Waals surface area contributed by atoms with E-state index in [2.05, 4.69) is 9.71 Å². The SMILES string of the molecule is CCC(C#N)S(=O)(=O)NCc1ccncc1C. The Morgan fingerprint density at radius 1 is 1.59 bits per heavy atom. The number of pyridine rings is 1. The minimum atomic E-state index is -3.57. The van der Waals surface area contributed by atoms with Crippen molar-refractivity contribution in [3.8, 4) is 6.07 Å². The second-order valence-corrected chi connectivity index (χ2v) is 5.64. The Hall–Kier alpha value is -1.45. The molecule has 0 aliphatic rings. The van der Waals surface area contributed by atoms with Gasteiger partial charge in [0.15, 0.2) is 5.25 Å². The van der Waals surface area contributed by atoms with Gasteiger partial charge >= 0.3 is 0 Å². The van der Waals surface area contributed by atoms with E-state index < -0.39 is 15.3 Å². The lowest BCUT2D eigenvalue weighted by atomic mass is 10.2. The van der Waals surface area contributed by atoms with Crippen LogP contribution < -0.4 is 4.72 Å². The Balaban J connectivity index is 2.75. The summed E-state index contributed by atoms with van der Waals surface area (Å²) in [6.45, 7) is 3.72. The highest BCUT2D eigenvalue weighted by atomic mass is 32.2. The van der Waals surface area contributed by atoms with E-state index in [-0.39, 0.29) is 13.0 Å². The van der Waals surface area contributed by atoms with E-state index in [0.29, 0.717) is 0 Å². The maximum Gasteiger partial charge on any atom is 0.228 e. The Kier molecular flexibility index (Phi) is 4.61. The molecule has 1 heterocycles. The van der Waals surface area contributed by atoms with Gasteiger partial charge in [0.25, 0.3) is 0 Å². The number of hydrogen-bond donors (Lipinski definition) is 1. The van der Waals surface area contributed by atoms with Gasteiger partial charge in [-0.1, -0.05) is 6.92 Å². The Bertz CT molecular complexity index is 520. The second-order valence-electron chi connectivity index (χ2n) is 3.69. The van der Waals surface area contributed by atoms with Crippen molar-refractivity contribution < 1.29 is 8.42 Å². The van der Waals surface area contributed by atoms with Crippen LogP contribution in [0.15, 0.2) is 18.5 Å². The molecule has 0 amide bonds. The van der Waals surface area contributed by atoms with E-state index in [1.54, 1.807) is 31.5 Å². The highest BCUT2D eigenvalue weighted by molar-refractivity contribution is 7.90. The van der Waals surface area contributed by atoms with E-state index in [9.17, 15) is 8.42 Å². The molecule has 0 spiro atoms. The lowest BCUT2D eigenvalue weighted by Gasteiger charge is -2.11. The molecule has 1 atom stereocenters. The lowest BCUT2D eigenvalue weighted by molar-refractivity contribution is 0.572. The molecule has 5 nitrogen and oxygen atoms in total. The fourth-order valence-electron chi connectivity index (χ4n) is 1.36. The summed E-state index contributed by atoms with van der Waals surface area (Å²) in [6, 6.07) is 3.54. The van der Waals surface area contributed by atoms with Crippen molar-refractivity contribution in [2.75, 3.05) is 0 Å². The second kappa shape index (κ2) is 5.75. The summed E-state index contributed by atoms with van der Waals surface area (Å²) in [5.41, 5.74) is 1.77. The van der Waals surface area contributed by atoms with E-state index in [0.717, 1.165) is 11.1 Å². The molecule has 0 saturated carbocycles. The predicted octanol–water partition coefficient (Wildman–Crippen LogP) is 1.11. The first kappa shape index (κ1) is 13.6. The highest BCUT2D eigenvalue weighted by Crippen LogP contribution is 2.07. The van der Waals surface area contributed by atoms with Gasteiger partial charge in [0.1, 0.15) is 0 Å². The molecule has 0 saturated heterocycles. The molecule has 92 valence electrons. The molecule has 0 bridgehead atoms. The van der Waals surface area contributed by atoms with Gasteiger partial charge in [-0.2, -0.15) is 5.26 Å². The fraction of sp³-hybridized carbons (Fsp3) is 0.455. The predicted molar refractivity (Wildman–Crippen MR) is 64.4 cm³/mol. The van der Waals surface area contributed by atoms with Crippen molar-refractivity contribution in [1.29, 1.82) is 5.26 Å². The van der Waals surface area contributed by atoms with Crippen molar-refractivity contribution in [1.82, 2.24) is 9.71 Å². The molecular weight excluding hydrogens is 238 g/mol. The van der Waals surface area contributed by atoms with Gasteiger partial charge in [-0.05, 0) is 30.5 Å². The van der Waals surface area contributed by atoms with Crippen LogP contribution >= 0.6 is 0 Å². The largest absolute Gasteiger partial charge is 0.264 e. The average Bonchev–Trinajstić information content (AvgIpc) is 2.29. The molecule has 1 N–H and O–H groups in total. The summed E-state index contributed by atoms with van der Waals surface area (Å²) in [6.07, 6.45) is 3.56. The van der Waals surface area contributed by atoms with Gasteiger partial charge in [-0.3, -0.25) is 4.98 Å². The van der Waals surface area contributed by atoms with Crippen molar-refractivity contribution >= 4 is 10.0 Å². The molecule has 1 aromatic rings. The highest BCUT2D eigenvalue weighted by Gasteiger charge is 2.22. The normalized spacial score (nSPS) is 13.0. The summed E-state index contributed by atoms with van der Waals surface area (Å²) in [5.74, 6) is 0. The minimum Gasteiger partial charge on any atom is -0.264 e. The standard InChI is InChI=1S/C11H15N3O2S/c1-3-11(6-12)17(15,16)14-8-10-4-5-13-7-9(10)2/h4-5,7,11,14H,3,8H2,1-2H3. The van der Waals surface area contributed by atoms with Crippen LogP contribution in [0, 0.1) is 18.3 Å². The zero-order chi connectivity index (χ0) is 12.9. The number of aromatic nitrogens is 1. The number of aryl methyl sites for hydroxylation is 1. The third-order valence-electron chi connectivity index (χ3n) is 2.49. The summed E-state index contributed by atoms with van der Waals surface area (Å²) >= 11 is 0. The number of nitriles is 1. The molecule has 17 heavy (non-hydrogen) atoms. The number of rotatable bonds is 5. The zero-order valence-corrected chi connectivity index (χ0v) is 10.7. The summed E-state index contributed by atoms with van der Waals surface area (Å²) in [4.78, 5) is 3.93. The fourth-order valence-corrected chi connectivity index (χ4v) is 2.50. The molecule has 1 rings (SSSR count). The van der Waals surface area contributed by atoms with E-state index in [4.69, 9.17) is 5.26 Å². The van der Waals surface area contributed by atoms with E-state index in [1.807, 2.05) is 6.92 Å². The monoisotopic (exact) mass is 253 g/mol. The summed E-state index contributed by atoms with van der Waals surface area (Å²) in [5, 5.41) is 7.74. The van der Waals surface area contributed by atoms with Crippen LogP contribution in [0.3, 0.4) is 0 Å². The molecule has 0 aromatic carbocycles. The Morgan fingerprint density at radius 3 is 2.82 bits per heavy atom. The first-order valence-electron chi connectivity index (χ1n) is 5.28. The number of nitrogens with one attached hydrogen (secondary N) is 1. The van der Waals surface area contributed by atoms with Crippen LogP contribution in [-0.4, -0.2) is 18.7 Å². The van der Waals surface area contributed by atoms with Crippen LogP contribution in [0.4, 0.5) is 0 Å². The molecule has 6 heteroatoms. The van der Waals surface area contributed by atoms with E-state index >= 15 is 0 Å². The van der Waals surface area contributed by atoms with Gasteiger partial charge in [-0.15, -0.1) is 0 Å². The lowest BCUT2D eigenvalue weighted by Crippen LogP contribution is -2.32. The van der Waals surface area contributed by atoms with Gasteiger partial charge in [-0.25, -0.2) is 13.1 Å². The smallest absolute Gasteiger partial charge is 0.228 e. The maximum absolute atomic E-state index is 11.7. The van der Waals surface area contributed by atoms with Crippen molar-refractivity contribution in [2.45, 2.75) is 32.1 Å². The van der Waals surface area contributed by atoms with Gasteiger partial charge in [0.2, 0.25) is 10.0 Å². The topological polar surface area (TPSA) is 82.8 Å². The van der Waals surface area contributed by atoms with Gasteiger partial charge < -0.3 is 0 Å². The Morgan fingerprint density at radius 2 is 2.29 bits per heavy atom. The molecule has 0 aliphatic carbocycles. The van der Waals surface area contributed by atoms with Crippen LogP contribution in [0.25, 0.3) is 0 Å². The van der Waals surface area contributed by atoms with E-state index in [1.165, 1.54) is 0 Å². The molecular formula is C11H15N3O2S.